The van der Waals surface area contributed by atoms with Crippen molar-refractivity contribution < 1.29 is 13.5 Å². The average Bonchev–Trinajstić information content (AvgIpc) is 2.32. The summed E-state index contributed by atoms with van der Waals surface area (Å²) in [6, 6.07) is 2.77. The van der Waals surface area contributed by atoms with Crippen molar-refractivity contribution in [2.45, 2.75) is 24.3 Å². The number of aliphatic hydroxyl groups excluding tert-OH is 1. The minimum absolute atomic E-state index is 0.0640. The molecule has 2 unspecified atom stereocenters. The second kappa shape index (κ2) is 5.13. The van der Waals surface area contributed by atoms with Crippen LogP contribution in [0.1, 0.15) is 13.3 Å². The zero-order valence-electron chi connectivity index (χ0n) is 9.95. The molecular formula is C11H15ClN2O3S. The van der Waals surface area contributed by atoms with Gasteiger partial charge in [-0.25, -0.2) is 13.4 Å². The van der Waals surface area contributed by atoms with Crippen molar-refractivity contribution >= 4 is 21.6 Å². The van der Waals surface area contributed by atoms with Crippen molar-refractivity contribution in [1.82, 2.24) is 9.29 Å². The van der Waals surface area contributed by atoms with Gasteiger partial charge in [0.2, 0.25) is 10.0 Å². The predicted octanol–water partition coefficient (Wildman–Crippen LogP) is 1.13. The van der Waals surface area contributed by atoms with Crippen molar-refractivity contribution in [2.24, 2.45) is 5.92 Å². The molecule has 1 N–H and O–H groups in total. The van der Waals surface area contributed by atoms with Crippen LogP contribution in [0.4, 0.5) is 0 Å². The molecule has 0 bridgehead atoms. The number of hydrogen-bond donors (Lipinski definition) is 1. The summed E-state index contributed by atoms with van der Waals surface area (Å²) in [7, 11) is -3.54. The van der Waals surface area contributed by atoms with Gasteiger partial charge in [0.1, 0.15) is 5.15 Å². The van der Waals surface area contributed by atoms with E-state index < -0.39 is 16.1 Å². The summed E-state index contributed by atoms with van der Waals surface area (Å²) in [5.74, 6) is -0.0640. The Morgan fingerprint density at radius 3 is 2.89 bits per heavy atom. The molecule has 1 aliphatic rings. The molecular weight excluding hydrogens is 276 g/mol. The molecule has 2 heterocycles. The first kappa shape index (κ1) is 13.7. The topological polar surface area (TPSA) is 70.5 Å². The highest BCUT2D eigenvalue weighted by atomic mass is 35.5. The molecule has 18 heavy (non-hydrogen) atoms. The lowest BCUT2D eigenvalue weighted by Crippen LogP contribution is -2.44. The van der Waals surface area contributed by atoms with Crippen LogP contribution >= 0.6 is 11.6 Å². The molecule has 0 amide bonds. The monoisotopic (exact) mass is 290 g/mol. The van der Waals surface area contributed by atoms with Gasteiger partial charge < -0.3 is 5.11 Å². The van der Waals surface area contributed by atoms with Crippen LogP contribution in [-0.4, -0.2) is 42.0 Å². The van der Waals surface area contributed by atoms with Gasteiger partial charge in [0.15, 0.2) is 0 Å². The van der Waals surface area contributed by atoms with Crippen LogP contribution in [0.15, 0.2) is 23.2 Å². The Balaban J connectivity index is 2.27. The SMILES string of the molecule is CC1CN(S(=O)(=O)c2ccnc(Cl)c2)CCC1O. The average molecular weight is 291 g/mol. The summed E-state index contributed by atoms with van der Waals surface area (Å²) in [4.78, 5) is 3.91. The van der Waals surface area contributed by atoms with E-state index >= 15 is 0 Å². The largest absolute Gasteiger partial charge is 0.393 e. The van der Waals surface area contributed by atoms with E-state index in [0.717, 1.165) is 0 Å². The number of piperidine rings is 1. The fraction of sp³-hybridized carbons (Fsp3) is 0.545. The summed E-state index contributed by atoms with van der Waals surface area (Å²) in [6.45, 7) is 2.49. The highest BCUT2D eigenvalue weighted by molar-refractivity contribution is 7.89. The number of nitrogens with zero attached hydrogens (tertiary/aromatic N) is 2. The zero-order valence-corrected chi connectivity index (χ0v) is 11.5. The lowest BCUT2D eigenvalue weighted by molar-refractivity contribution is 0.0628. The van der Waals surface area contributed by atoms with Gasteiger partial charge in [0.05, 0.1) is 11.0 Å². The number of hydrogen-bond acceptors (Lipinski definition) is 4. The first-order valence-electron chi connectivity index (χ1n) is 5.71. The molecule has 1 aromatic rings. The Morgan fingerprint density at radius 1 is 1.56 bits per heavy atom. The summed E-state index contributed by atoms with van der Waals surface area (Å²) < 4.78 is 26.1. The molecule has 0 aromatic carbocycles. The molecule has 1 fully saturated rings. The number of sulfonamides is 1. The molecule has 7 heteroatoms. The van der Waals surface area contributed by atoms with Gasteiger partial charge in [-0.1, -0.05) is 18.5 Å². The number of aliphatic hydroxyl groups is 1. The Bertz CT molecular complexity index is 535. The molecule has 0 radical (unpaired) electrons. The van der Waals surface area contributed by atoms with Crippen molar-refractivity contribution in [1.29, 1.82) is 0 Å². The van der Waals surface area contributed by atoms with Crippen LogP contribution in [-0.2, 0) is 10.0 Å². The second-order valence-corrected chi connectivity index (χ2v) is 6.84. The van der Waals surface area contributed by atoms with Crippen molar-refractivity contribution in [3.63, 3.8) is 0 Å². The second-order valence-electron chi connectivity index (χ2n) is 4.51. The Labute approximate surface area is 111 Å². The van der Waals surface area contributed by atoms with Gasteiger partial charge in [-0.3, -0.25) is 0 Å². The van der Waals surface area contributed by atoms with Gasteiger partial charge in [-0.15, -0.1) is 0 Å². The Hall–Kier alpha value is -0.690. The highest BCUT2D eigenvalue weighted by Crippen LogP contribution is 2.24. The molecule has 1 aromatic heterocycles. The molecule has 5 nitrogen and oxygen atoms in total. The normalized spacial score (nSPS) is 26.2. The van der Waals surface area contributed by atoms with Gasteiger partial charge in [0, 0.05) is 19.3 Å². The minimum Gasteiger partial charge on any atom is -0.393 e. The number of aromatic nitrogens is 1. The van der Waals surface area contributed by atoms with Crippen molar-refractivity contribution in [3.8, 4) is 0 Å². The first-order chi connectivity index (χ1) is 8.41. The quantitative estimate of drug-likeness (QED) is 0.829. The molecule has 100 valence electrons. The summed E-state index contributed by atoms with van der Waals surface area (Å²) in [5.41, 5.74) is 0. The number of rotatable bonds is 2. The van der Waals surface area contributed by atoms with Crippen LogP contribution in [0.25, 0.3) is 0 Å². The molecule has 2 atom stereocenters. The molecule has 1 aliphatic heterocycles. The maximum absolute atomic E-state index is 12.3. The molecule has 0 spiro atoms. The zero-order chi connectivity index (χ0) is 13.3. The van der Waals surface area contributed by atoms with Crippen molar-refractivity contribution in [2.75, 3.05) is 13.1 Å². The third-order valence-corrected chi connectivity index (χ3v) is 5.23. The third-order valence-electron chi connectivity index (χ3n) is 3.16. The fourth-order valence-corrected chi connectivity index (χ4v) is 3.81. The van der Waals surface area contributed by atoms with E-state index in [1.807, 2.05) is 6.92 Å². The fourth-order valence-electron chi connectivity index (χ4n) is 2.01. The predicted molar refractivity (Wildman–Crippen MR) is 67.8 cm³/mol. The summed E-state index contributed by atoms with van der Waals surface area (Å²) in [5, 5.41) is 9.78. The standard InChI is InChI=1S/C11H15ClN2O3S/c1-8-7-14(5-3-10(8)15)18(16,17)9-2-4-13-11(12)6-9/h2,4,6,8,10,15H,3,5,7H2,1H3. The number of halogens is 1. The smallest absolute Gasteiger partial charge is 0.243 e. The van der Waals surface area contributed by atoms with Gasteiger partial charge in [-0.05, 0) is 24.5 Å². The van der Waals surface area contributed by atoms with E-state index in [2.05, 4.69) is 4.98 Å². The lowest BCUT2D eigenvalue weighted by atomic mass is 9.99. The van der Waals surface area contributed by atoms with Crippen LogP contribution in [0.5, 0.6) is 0 Å². The minimum atomic E-state index is -3.54. The molecule has 2 rings (SSSR count). The third kappa shape index (κ3) is 2.66. The van der Waals surface area contributed by atoms with E-state index in [9.17, 15) is 13.5 Å². The van der Waals surface area contributed by atoms with E-state index in [1.54, 1.807) is 0 Å². The first-order valence-corrected chi connectivity index (χ1v) is 7.53. The van der Waals surface area contributed by atoms with Gasteiger partial charge >= 0.3 is 0 Å². The van der Waals surface area contributed by atoms with Crippen molar-refractivity contribution in [3.05, 3.63) is 23.5 Å². The van der Waals surface area contributed by atoms with Crippen LogP contribution in [0.3, 0.4) is 0 Å². The van der Waals surface area contributed by atoms with Crippen LogP contribution < -0.4 is 0 Å². The maximum atomic E-state index is 12.3. The maximum Gasteiger partial charge on any atom is 0.243 e. The highest BCUT2D eigenvalue weighted by Gasteiger charge is 2.32. The van der Waals surface area contributed by atoms with Gasteiger partial charge in [-0.2, -0.15) is 4.31 Å². The molecule has 0 aliphatic carbocycles. The molecule has 0 saturated carbocycles. The number of pyridine rings is 1. The van der Waals surface area contributed by atoms with E-state index in [-0.39, 0.29) is 16.0 Å². The Kier molecular flexibility index (Phi) is 3.91. The van der Waals surface area contributed by atoms with Crippen LogP contribution in [0.2, 0.25) is 5.15 Å². The van der Waals surface area contributed by atoms with E-state index in [0.29, 0.717) is 19.5 Å². The Morgan fingerprint density at radius 2 is 2.28 bits per heavy atom. The summed E-state index contributed by atoms with van der Waals surface area (Å²) >= 11 is 5.71. The van der Waals surface area contributed by atoms with Crippen LogP contribution in [0, 0.1) is 5.92 Å². The molecule has 1 saturated heterocycles. The lowest BCUT2D eigenvalue weighted by Gasteiger charge is -2.33. The van der Waals surface area contributed by atoms with E-state index in [1.165, 1.54) is 22.6 Å². The van der Waals surface area contributed by atoms with Gasteiger partial charge in [0.25, 0.3) is 0 Å². The van der Waals surface area contributed by atoms with E-state index in [4.69, 9.17) is 11.6 Å². The summed E-state index contributed by atoms with van der Waals surface area (Å²) in [6.07, 6.45) is 1.40.